The number of nitrogens with one attached hydrogen (secondary N) is 3. The topological polar surface area (TPSA) is 161 Å². The van der Waals surface area contributed by atoms with E-state index in [1.807, 2.05) is 19.1 Å². The molecule has 0 saturated heterocycles. The third kappa shape index (κ3) is 6.61. The van der Waals surface area contributed by atoms with E-state index in [1.165, 1.54) is 0 Å². The molecule has 2 aliphatic heterocycles. The molecule has 0 fully saturated rings. The van der Waals surface area contributed by atoms with Gasteiger partial charge in [0.1, 0.15) is 6.04 Å². The molecule has 5 rings (SSSR count). The van der Waals surface area contributed by atoms with Gasteiger partial charge in [0.25, 0.3) is 0 Å². The molecule has 2 aliphatic rings. The number of rotatable bonds is 9. The van der Waals surface area contributed by atoms with Crippen molar-refractivity contribution in [2.45, 2.75) is 91.5 Å². The van der Waals surface area contributed by atoms with Crippen LogP contribution in [0.15, 0.2) is 36.4 Å². The maximum absolute atomic E-state index is 13.0. The minimum atomic E-state index is -1.06. The van der Waals surface area contributed by atoms with Crippen LogP contribution in [-0.2, 0) is 19.8 Å². The Balaban J connectivity index is 1.69. The minimum absolute atomic E-state index is 0.0327. The molecule has 0 aromatic carbocycles. The van der Waals surface area contributed by atoms with Gasteiger partial charge >= 0.3 is 11.9 Å². The monoisotopic (exact) mass is 625 g/mol. The molecule has 46 heavy (non-hydrogen) atoms. The number of nitrogens with zero attached hydrogens (tertiary/aromatic N) is 2. The third-order valence-electron chi connectivity index (χ3n) is 9.33. The predicted molar refractivity (Wildman–Crippen MR) is 179 cm³/mol. The number of amides is 1. The molecule has 10 heteroatoms. The van der Waals surface area contributed by atoms with E-state index in [2.05, 4.69) is 67.2 Å². The van der Waals surface area contributed by atoms with Crippen molar-refractivity contribution in [1.82, 2.24) is 25.3 Å². The Kier molecular flexibility index (Phi) is 8.93. The number of allylic oxidation sites excluding steroid dienone is 2. The third-order valence-corrected chi connectivity index (χ3v) is 9.33. The van der Waals surface area contributed by atoms with E-state index in [9.17, 15) is 24.6 Å². The van der Waals surface area contributed by atoms with Crippen molar-refractivity contribution in [3.63, 3.8) is 0 Å². The molecule has 0 aliphatic carbocycles. The van der Waals surface area contributed by atoms with Crippen LogP contribution in [-0.4, -0.2) is 54.0 Å². The summed E-state index contributed by atoms with van der Waals surface area (Å²) in [4.78, 5) is 53.5. The van der Waals surface area contributed by atoms with Gasteiger partial charge < -0.3 is 25.5 Å². The van der Waals surface area contributed by atoms with E-state index in [0.717, 1.165) is 61.4 Å². The molecule has 0 spiro atoms. The van der Waals surface area contributed by atoms with Crippen molar-refractivity contribution in [2.75, 3.05) is 0 Å². The van der Waals surface area contributed by atoms with Gasteiger partial charge in [-0.2, -0.15) is 0 Å². The number of carboxylic acid groups (broad SMARTS) is 2. The van der Waals surface area contributed by atoms with Gasteiger partial charge in [0.05, 0.1) is 11.4 Å². The number of H-pyrrole nitrogens is 2. The first-order valence-electron chi connectivity index (χ1n) is 15.8. The van der Waals surface area contributed by atoms with Crippen LogP contribution in [0.3, 0.4) is 0 Å². The van der Waals surface area contributed by atoms with E-state index in [4.69, 9.17) is 9.97 Å². The number of hydrogen-bond acceptors (Lipinski definition) is 5. The second-order valence-corrected chi connectivity index (χ2v) is 13.5. The van der Waals surface area contributed by atoms with Crippen LogP contribution in [0.25, 0.3) is 33.2 Å². The van der Waals surface area contributed by atoms with Gasteiger partial charge in [-0.15, -0.1) is 0 Å². The Hall–Kier alpha value is -4.73. The lowest BCUT2D eigenvalue weighted by atomic mass is 9.74. The van der Waals surface area contributed by atoms with Gasteiger partial charge in [0.2, 0.25) is 5.91 Å². The molecular weight excluding hydrogens is 582 g/mol. The highest BCUT2D eigenvalue weighted by Crippen LogP contribution is 2.45. The lowest BCUT2D eigenvalue weighted by molar-refractivity contribution is -0.143. The van der Waals surface area contributed by atoms with Crippen LogP contribution < -0.4 is 5.32 Å². The van der Waals surface area contributed by atoms with Crippen molar-refractivity contribution in [2.24, 2.45) is 5.92 Å². The van der Waals surface area contributed by atoms with Crippen LogP contribution in [0.4, 0.5) is 0 Å². The summed E-state index contributed by atoms with van der Waals surface area (Å²) in [5, 5.41) is 21.8. The number of aryl methyl sites for hydroxylation is 2. The molecule has 5 N–H and O–H groups in total. The van der Waals surface area contributed by atoms with Gasteiger partial charge in [-0.05, 0) is 98.2 Å². The molecule has 0 radical (unpaired) electrons. The highest BCUT2D eigenvalue weighted by Gasteiger charge is 2.40. The molecule has 0 saturated carbocycles. The molecule has 3 aromatic rings. The second kappa shape index (κ2) is 12.6. The first-order valence-corrected chi connectivity index (χ1v) is 15.8. The Morgan fingerprint density at radius 2 is 1.50 bits per heavy atom. The van der Waals surface area contributed by atoms with E-state index in [-0.39, 0.29) is 30.6 Å². The zero-order valence-corrected chi connectivity index (χ0v) is 27.5. The van der Waals surface area contributed by atoms with Crippen molar-refractivity contribution in [3.05, 3.63) is 70.3 Å². The standard InChI is InChI=1S/C36H43N5O5/c1-18(2)34(35(45)46)41-32(42)10-9-25-30-16-29-24(8-11-33(43)44)21(5)28(39-29)15-23-12-19(3)26(37-23)14-22-13-20(4)27(38-22)17-31(40-30)36(25,6)7/h12-18,25,34,37-38H,8-11H2,1-7H3,(H,41,42)(H,43,44)(H,45,46)/t25-,34?/m0/s1. The van der Waals surface area contributed by atoms with Crippen LogP contribution in [0.1, 0.15) is 100 Å². The lowest BCUT2D eigenvalue weighted by Crippen LogP contribution is -2.44. The highest BCUT2D eigenvalue weighted by molar-refractivity contribution is 5.93. The summed E-state index contributed by atoms with van der Waals surface area (Å²) >= 11 is 0. The quantitative estimate of drug-likeness (QED) is 0.175. The molecule has 3 aromatic heterocycles. The number of fused-ring (bicyclic) bond motifs is 8. The zero-order chi connectivity index (χ0) is 33.5. The Morgan fingerprint density at radius 1 is 0.870 bits per heavy atom. The van der Waals surface area contributed by atoms with Gasteiger partial charge in [0.15, 0.2) is 0 Å². The van der Waals surface area contributed by atoms with Gasteiger partial charge in [-0.1, -0.05) is 27.7 Å². The molecule has 242 valence electrons. The summed E-state index contributed by atoms with van der Waals surface area (Å²) in [6.45, 7) is 13.8. The largest absolute Gasteiger partial charge is 0.481 e. The fraction of sp³-hybridized carbons (Fsp3) is 0.417. The van der Waals surface area contributed by atoms with E-state index in [0.29, 0.717) is 18.5 Å². The number of hydrogen-bond donors (Lipinski definition) is 5. The normalized spacial score (nSPS) is 16.5. The average molecular weight is 626 g/mol. The van der Waals surface area contributed by atoms with Gasteiger partial charge in [-0.25, -0.2) is 9.78 Å². The predicted octanol–water partition coefficient (Wildman–Crippen LogP) is 6.79. The fourth-order valence-electron chi connectivity index (χ4n) is 6.48. The number of aliphatic carboxylic acids is 2. The van der Waals surface area contributed by atoms with Crippen molar-refractivity contribution >= 4 is 51.1 Å². The Labute approximate surface area is 268 Å². The van der Waals surface area contributed by atoms with Crippen molar-refractivity contribution in [1.29, 1.82) is 0 Å². The van der Waals surface area contributed by atoms with E-state index >= 15 is 0 Å². The molecular formula is C36H43N5O5. The fourth-order valence-corrected chi connectivity index (χ4v) is 6.48. The molecule has 5 heterocycles. The maximum Gasteiger partial charge on any atom is 0.326 e. The van der Waals surface area contributed by atoms with Crippen molar-refractivity contribution < 1.29 is 24.6 Å². The van der Waals surface area contributed by atoms with Crippen LogP contribution in [0, 0.1) is 19.8 Å². The Morgan fingerprint density at radius 3 is 2.11 bits per heavy atom. The number of aromatic nitrogens is 4. The highest BCUT2D eigenvalue weighted by atomic mass is 16.4. The number of carbonyl (C=O) groups is 3. The van der Waals surface area contributed by atoms with Gasteiger partial charge in [0, 0.05) is 57.6 Å². The van der Waals surface area contributed by atoms with E-state index in [1.54, 1.807) is 13.8 Å². The molecule has 1 unspecified atom stereocenters. The Bertz CT molecular complexity index is 1910. The zero-order valence-electron chi connectivity index (χ0n) is 27.5. The first-order chi connectivity index (χ1) is 21.6. The molecule has 8 bridgehead atoms. The SMILES string of the molecule is CC1=C(CCC(=O)O)c2cc3nc(cc4[nH]c(cc4C)cc4[nH]c(cc1n2)cc4C)C(C)(C)[C@H]3CCC(=O)NC(C(=O)O)C(C)C. The van der Waals surface area contributed by atoms with Crippen LogP contribution in [0.2, 0.25) is 0 Å². The summed E-state index contributed by atoms with van der Waals surface area (Å²) in [6.07, 6.45) is 0.845. The average Bonchev–Trinajstić information content (AvgIpc) is 3.63. The summed E-state index contributed by atoms with van der Waals surface area (Å²) in [7, 11) is 0. The second-order valence-electron chi connectivity index (χ2n) is 13.5. The summed E-state index contributed by atoms with van der Waals surface area (Å²) < 4.78 is 0. The first kappa shape index (κ1) is 32.7. The van der Waals surface area contributed by atoms with Crippen LogP contribution >= 0.6 is 0 Å². The molecule has 10 nitrogen and oxygen atoms in total. The number of carbonyl (C=O) groups excluding carboxylic acids is 1. The van der Waals surface area contributed by atoms with Crippen molar-refractivity contribution in [3.8, 4) is 0 Å². The maximum atomic E-state index is 13.0. The minimum Gasteiger partial charge on any atom is -0.481 e. The van der Waals surface area contributed by atoms with E-state index < -0.39 is 23.4 Å². The number of carboxylic acids is 2. The molecule has 2 atom stereocenters. The van der Waals surface area contributed by atoms with Crippen LogP contribution in [0.5, 0.6) is 0 Å². The smallest absolute Gasteiger partial charge is 0.326 e. The summed E-state index contributed by atoms with van der Waals surface area (Å²) in [5.74, 6) is -2.71. The summed E-state index contributed by atoms with van der Waals surface area (Å²) in [5.41, 5.74) is 10.2. The lowest BCUT2D eigenvalue weighted by Gasteiger charge is -2.27. The van der Waals surface area contributed by atoms with Gasteiger partial charge in [-0.3, -0.25) is 14.6 Å². The molecule has 1 amide bonds. The number of aromatic amines is 2. The summed E-state index contributed by atoms with van der Waals surface area (Å²) in [6, 6.07) is 11.3.